The Bertz CT molecular complexity index is 346. The van der Waals surface area contributed by atoms with E-state index < -0.39 is 0 Å². The van der Waals surface area contributed by atoms with E-state index in [2.05, 4.69) is 6.58 Å². The van der Waals surface area contributed by atoms with Gasteiger partial charge in [0.1, 0.15) is 0 Å². The summed E-state index contributed by atoms with van der Waals surface area (Å²) in [6.45, 7) is 7.15. The Kier molecular flexibility index (Phi) is 2.89. The third kappa shape index (κ3) is 1.99. The maximum atomic E-state index is 11.6. The Labute approximate surface area is 83.0 Å². The number of Topliss-reactive ketones (excluding diaryl/α,β-unsaturated/α-hetero) is 1. The van der Waals surface area contributed by atoms with Gasteiger partial charge in [0.2, 0.25) is 0 Å². The van der Waals surface area contributed by atoms with Gasteiger partial charge in [-0.2, -0.15) is 0 Å². The van der Waals surface area contributed by atoms with Crippen LogP contribution in [-0.2, 0) is 0 Å². The van der Waals surface area contributed by atoms with Gasteiger partial charge in [0.25, 0.3) is 0 Å². The first-order valence-corrected chi connectivity index (χ1v) is 4.37. The SMILES string of the molecule is C=C(C)C(=O)c1c(C)cccc1Cl. The van der Waals surface area contributed by atoms with Crippen molar-refractivity contribution in [3.05, 3.63) is 46.5 Å². The second-order valence-corrected chi connectivity index (χ2v) is 3.45. The van der Waals surface area contributed by atoms with E-state index in [-0.39, 0.29) is 5.78 Å². The van der Waals surface area contributed by atoms with Crippen molar-refractivity contribution >= 4 is 17.4 Å². The highest BCUT2D eigenvalue weighted by Crippen LogP contribution is 2.21. The van der Waals surface area contributed by atoms with Crippen LogP contribution in [0.25, 0.3) is 0 Å². The van der Waals surface area contributed by atoms with E-state index in [9.17, 15) is 4.79 Å². The van der Waals surface area contributed by atoms with Crippen LogP contribution in [0.15, 0.2) is 30.4 Å². The zero-order valence-corrected chi connectivity index (χ0v) is 8.48. The molecule has 0 fully saturated rings. The van der Waals surface area contributed by atoms with Gasteiger partial charge in [0.15, 0.2) is 5.78 Å². The molecule has 0 bridgehead atoms. The minimum Gasteiger partial charge on any atom is -0.289 e. The van der Waals surface area contributed by atoms with Crippen LogP contribution in [0.4, 0.5) is 0 Å². The fourth-order valence-corrected chi connectivity index (χ4v) is 1.44. The van der Waals surface area contributed by atoms with Crippen LogP contribution in [0.1, 0.15) is 22.8 Å². The minimum absolute atomic E-state index is 0.0805. The van der Waals surface area contributed by atoms with Crippen LogP contribution in [-0.4, -0.2) is 5.78 Å². The van der Waals surface area contributed by atoms with E-state index in [1.807, 2.05) is 19.1 Å². The minimum atomic E-state index is -0.0805. The summed E-state index contributed by atoms with van der Waals surface area (Å²) in [6, 6.07) is 5.40. The molecule has 0 aliphatic carbocycles. The maximum absolute atomic E-state index is 11.6. The number of ketones is 1. The lowest BCUT2D eigenvalue weighted by Crippen LogP contribution is -2.03. The van der Waals surface area contributed by atoms with Crippen molar-refractivity contribution in [1.82, 2.24) is 0 Å². The second-order valence-electron chi connectivity index (χ2n) is 3.04. The summed E-state index contributed by atoms with van der Waals surface area (Å²) in [5.41, 5.74) is 1.97. The van der Waals surface area contributed by atoms with Crippen molar-refractivity contribution in [3.63, 3.8) is 0 Å². The molecule has 1 aromatic carbocycles. The fraction of sp³-hybridized carbons (Fsp3) is 0.182. The number of aryl methyl sites for hydroxylation is 1. The van der Waals surface area contributed by atoms with Crippen molar-refractivity contribution in [1.29, 1.82) is 0 Å². The van der Waals surface area contributed by atoms with Crippen LogP contribution < -0.4 is 0 Å². The van der Waals surface area contributed by atoms with Gasteiger partial charge in [-0.05, 0) is 31.1 Å². The number of allylic oxidation sites excluding steroid dienone is 1. The number of benzene rings is 1. The number of carbonyl (C=O) groups excluding carboxylic acids is 1. The molecule has 0 aliphatic heterocycles. The first-order chi connectivity index (χ1) is 6.04. The zero-order chi connectivity index (χ0) is 10.0. The average molecular weight is 195 g/mol. The van der Waals surface area contributed by atoms with Crippen LogP contribution >= 0.6 is 11.6 Å². The molecule has 0 atom stereocenters. The monoisotopic (exact) mass is 194 g/mol. The molecule has 13 heavy (non-hydrogen) atoms. The lowest BCUT2D eigenvalue weighted by molar-refractivity contribution is 0.103. The first kappa shape index (κ1) is 10.0. The predicted molar refractivity (Wildman–Crippen MR) is 55.3 cm³/mol. The van der Waals surface area contributed by atoms with Crippen molar-refractivity contribution < 1.29 is 4.79 Å². The van der Waals surface area contributed by atoms with Crippen LogP contribution in [0.2, 0.25) is 5.02 Å². The normalized spacial score (nSPS) is 9.77. The Balaban J connectivity index is 3.28. The number of hydrogen-bond acceptors (Lipinski definition) is 1. The van der Waals surface area contributed by atoms with Gasteiger partial charge in [0.05, 0.1) is 5.02 Å². The van der Waals surface area contributed by atoms with Crippen molar-refractivity contribution in [2.24, 2.45) is 0 Å². The van der Waals surface area contributed by atoms with Gasteiger partial charge in [-0.1, -0.05) is 30.3 Å². The standard InChI is InChI=1S/C11H11ClO/c1-7(2)11(13)10-8(3)5-4-6-9(10)12/h4-6H,1H2,2-3H3. The summed E-state index contributed by atoms with van der Waals surface area (Å²) in [5, 5.41) is 0.494. The van der Waals surface area contributed by atoms with Crippen LogP contribution in [0, 0.1) is 6.92 Å². The lowest BCUT2D eigenvalue weighted by atomic mass is 10.0. The molecular weight excluding hydrogens is 184 g/mol. The predicted octanol–water partition coefficient (Wildman–Crippen LogP) is 3.41. The van der Waals surface area contributed by atoms with E-state index in [0.717, 1.165) is 5.56 Å². The molecule has 0 saturated carbocycles. The quantitative estimate of drug-likeness (QED) is 0.521. The van der Waals surface area contributed by atoms with Crippen molar-refractivity contribution in [3.8, 4) is 0 Å². The summed E-state index contributed by atoms with van der Waals surface area (Å²) in [6.07, 6.45) is 0. The molecular formula is C11H11ClO. The van der Waals surface area contributed by atoms with E-state index in [4.69, 9.17) is 11.6 Å². The molecule has 0 radical (unpaired) electrons. The smallest absolute Gasteiger partial charge is 0.189 e. The zero-order valence-electron chi connectivity index (χ0n) is 7.73. The third-order valence-corrected chi connectivity index (χ3v) is 2.15. The largest absolute Gasteiger partial charge is 0.289 e. The highest BCUT2D eigenvalue weighted by Gasteiger charge is 2.12. The van der Waals surface area contributed by atoms with Crippen molar-refractivity contribution in [2.45, 2.75) is 13.8 Å². The molecule has 0 amide bonds. The molecule has 1 rings (SSSR count). The lowest BCUT2D eigenvalue weighted by Gasteiger charge is -2.05. The molecule has 1 aromatic rings. The van der Waals surface area contributed by atoms with Gasteiger partial charge < -0.3 is 0 Å². The molecule has 0 aromatic heterocycles. The van der Waals surface area contributed by atoms with Crippen molar-refractivity contribution in [2.75, 3.05) is 0 Å². The summed E-state index contributed by atoms with van der Waals surface area (Å²) in [5.74, 6) is -0.0805. The molecule has 2 heteroatoms. The van der Waals surface area contributed by atoms with Gasteiger partial charge in [-0.3, -0.25) is 4.79 Å². The Morgan fingerprint density at radius 1 is 1.46 bits per heavy atom. The molecule has 0 saturated heterocycles. The maximum Gasteiger partial charge on any atom is 0.189 e. The third-order valence-electron chi connectivity index (χ3n) is 1.84. The van der Waals surface area contributed by atoms with Gasteiger partial charge in [0, 0.05) is 5.56 Å². The highest BCUT2D eigenvalue weighted by molar-refractivity contribution is 6.35. The number of hydrogen-bond donors (Lipinski definition) is 0. The molecule has 0 aliphatic rings. The van der Waals surface area contributed by atoms with Crippen LogP contribution in [0.3, 0.4) is 0 Å². The molecule has 0 N–H and O–H groups in total. The Hall–Kier alpha value is -1.08. The fourth-order valence-electron chi connectivity index (χ4n) is 1.13. The molecule has 0 spiro atoms. The average Bonchev–Trinajstić information content (AvgIpc) is 2.03. The summed E-state index contributed by atoms with van der Waals surface area (Å²) in [7, 11) is 0. The number of rotatable bonds is 2. The van der Waals surface area contributed by atoms with E-state index >= 15 is 0 Å². The molecule has 0 heterocycles. The molecule has 0 unspecified atom stereocenters. The molecule has 68 valence electrons. The highest BCUT2D eigenvalue weighted by atomic mass is 35.5. The van der Waals surface area contributed by atoms with Gasteiger partial charge >= 0.3 is 0 Å². The summed E-state index contributed by atoms with van der Waals surface area (Å²) >= 11 is 5.91. The van der Waals surface area contributed by atoms with Gasteiger partial charge in [-0.15, -0.1) is 0 Å². The first-order valence-electron chi connectivity index (χ1n) is 3.99. The number of carbonyl (C=O) groups is 1. The van der Waals surface area contributed by atoms with E-state index in [0.29, 0.717) is 16.2 Å². The second kappa shape index (κ2) is 3.75. The number of halogens is 1. The molecule has 1 nitrogen and oxygen atoms in total. The van der Waals surface area contributed by atoms with E-state index in [1.54, 1.807) is 13.0 Å². The Morgan fingerprint density at radius 3 is 2.54 bits per heavy atom. The van der Waals surface area contributed by atoms with Crippen LogP contribution in [0.5, 0.6) is 0 Å². The summed E-state index contributed by atoms with van der Waals surface area (Å²) < 4.78 is 0. The topological polar surface area (TPSA) is 17.1 Å². The van der Waals surface area contributed by atoms with E-state index in [1.165, 1.54) is 0 Å². The van der Waals surface area contributed by atoms with Gasteiger partial charge in [-0.25, -0.2) is 0 Å². The Morgan fingerprint density at radius 2 is 2.08 bits per heavy atom. The summed E-state index contributed by atoms with van der Waals surface area (Å²) in [4.78, 5) is 11.6.